The summed E-state index contributed by atoms with van der Waals surface area (Å²) in [5.74, 6) is 0.743. The number of morpholine rings is 1. The van der Waals surface area contributed by atoms with Gasteiger partial charge in [-0.2, -0.15) is 0 Å². The number of fused-ring (bicyclic) bond motifs is 3. The molecule has 3 aromatic rings. The van der Waals surface area contributed by atoms with Gasteiger partial charge in [-0.1, -0.05) is 6.07 Å². The number of amides is 1. The molecule has 1 fully saturated rings. The molecule has 3 heterocycles. The third kappa shape index (κ3) is 2.54. The average molecular weight is 341 g/mol. The number of benzene rings is 1. The Morgan fingerprint density at radius 1 is 1.40 bits per heavy atom. The van der Waals surface area contributed by atoms with Crippen molar-refractivity contribution < 1.29 is 14.3 Å². The lowest BCUT2D eigenvalue weighted by Gasteiger charge is -2.30. The highest BCUT2D eigenvalue weighted by atomic mass is 16.5. The SMILES string of the molecule is COc1cccc2c1nc(N)n1cc(C(=O)N3CCOC(C)C3)nc21. The van der Waals surface area contributed by atoms with Crippen LogP contribution in [0.1, 0.15) is 17.4 Å². The number of carbonyl (C=O) groups is 1. The second-order valence-electron chi connectivity index (χ2n) is 6.08. The van der Waals surface area contributed by atoms with Gasteiger partial charge >= 0.3 is 0 Å². The molecular formula is C17H19N5O3. The van der Waals surface area contributed by atoms with Crippen molar-refractivity contribution in [1.82, 2.24) is 19.3 Å². The summed E-state index contributed by atoms with van der Waals surface area (Å²) >= 11 is 0. The molecule has 1 unspecified atom stereocenters. The van der Waals surface area contributed by atoms with E-state index in [0.29, 0.717) is 42.3 Å². The van der Waals surface area contributed by atoms with E-state index in [0.717, 1.165) is 5.39 Å². The normalized spacial score (nSPS) is 18.0. The number of aromatic nitrogens is 3. The highest BCUT2D eigenvalue weighted by Crippen LogP contribution is 2.28. The van der Waals surface area contributed by atoms with Crippen molar-refractivity contribution in [2.24, 2.45) is 0 Å². The van der Waals surface area contributed by atoms with Crippen LogP contribution in [0, 0.1) is 0 Å². The molecular weight excluding hydrogens is 322 g/mol. The van der Waals surface area contributed by atoms with Gasteiger partial charge in [-0.15, -0.1) is 0 Å². The van der Waals surface area contributed by atoms with E-state index in [2.05, 4.69) is 9.97 Å². The van der Waals surface area contributed by atoms with E-state index in [1.54, 1.807) is 22.6 Å². The van der Waals surface area contributed by atoms with E-state index >= 15 is 0 Å². The third-order valence-corrected chi connectivity index (χ3v) is 4.39. The largest absolute Gasteiger partial charge is 0.494 e. The molecule has 1 aromatic carbocycles. The Labute approximate surface area is 144 Å². The fourth-order valence-electron chi connectivity index (χ4n) is 3.16. The van der Waals surface area contributed by atoms with Crippen LogP contribution in [-0.4, -0.2) is 58.1 Å². The van der Waals surface area contributed by atoms with Gasteiger partial charge in [-0.05, 0) is 19.1 Å². The van der Waals surface area contributed by atoms with Crippen molar-refractivity contribution in [2.75, 3.05) is 32.5 Å². The van der Waals surface area contributed by atoms with Crippen molar-refractivity contribution in [3.63, 3.8) is 0 Å². The van der Waals surface area contributed by atoms with E-state index in [1.807, 2.05) is 25.1 Å². The highest BCUT2D eigenvalue weighted by Gasteiger charge is 2.25. The van der Waals surface area contributed by atoms with Crippen molar-refractivity contribution in [1.29, 1.82) is 0 Å². The van der Waals surface area contributed by atoms with Gasteiger partial charge in [0.05, 0.1) is 19.8 Å². The number of rotatable bonds is 2. The number of imidazole rings is 1. The number of anilines is 1. The van der Waals surface area contributed by atoms with Crippen molar-refractivity contribution >= 4 is 28.4 Å². The first-order valence-electron chi connectivity index (χ1n) is 8.10. The second kappa shape index (κ2) is 5.89. The van der Waals surface area contributed by atoms with Crippen LogP contribution in [0.25, 0.3) is 16.6 Å². The summed E-state index contributed by atoms with van der Waals surface area (Å²) in [7, 11) is 1.58. The molecule has 25 heavy (non-hydrogen) atoms. The number of nitrogens with two attached hydrogens (primary N) is 1. The summed E-state index contributed by atoms with van der Waals surface area (Å²) in [6.07, 6.45) is 1.66. The number of hydrogen-bond acceptors (Lipinski definition) is 6. The first kappa shape index (κ1) is 15.6. The maximum atomic E-state index is 12.8. The molecule has 1 aliphatic heterocycles. The van der Waals surface area contributed by atoms with Crippen LogP contribution in [0.5, 0.6) is 5.75 Å². The van der Waals surface area contributed by atoms with E-state index in [9.17, 15) is 4.79 Å². The maximum absolute atomic E-state index is 12.8. The zero-order valence-corrected chi connectivity index (χ0v) is 14.1. The molecule has 1 aliphatic rings. The Hall–Kier alpha value is -2.87. The fraction of sp³-hybridized carbons (Fsp3) is 0.353. The maximum Gasteiger partial charge on any atom is 0.274 e. The van der Waals surface area contributed by atoms with Crippen LogP contribution < -0.4 is 10.5 Å². The van der Waals surface area contributed by atoms with Gasteiger partial charge in [-0.25, -0.2) is 9.97 Å². The number of para-hydroxylation sites is 1. The van der Waals surface area contributed by atoms with E-state index < -0.39 is 0 Å². The van der Waals surface area contributed by atoms with Crippen molar-refractivity contribution in [3.05, 3.63) is 30.1 Å². The Balaban J connectivity index is 1.83. The number of hydrogen-bond donors (Lipinski definition) is 1. The fourth-order valence-corrected chi connectivity index (χ4v) is 3.16. The lowest BCUT2D eigenvalue weighted by atomic mass is 10.2. The summed E-state index contributed by atoms with van der Waals surface area (Å²) in [4.78, 5) is 23.5. The Bertz CT molecular complexity index is 968. The first-order chi connectivity index (χ1) is 12.1. The predicted octanol–water partition coefficient (Wildman–Crippen LogP) is 1.33. The minimum absolute atomic E-state index is 0.0200. The number of carbonyl (C=O) groups excluding carboxylic acids is 1. The van der Waals surface area contributed by atoms with Crippen LogP contribution in [0.15, 0.2) is 24.4 Å². The lowest BCUT2D eigenvalue weighted by molar-refractivity contribution is -0.0126. The molecule has 2 aromatic heterocycles. The van der Waals surface area contributed by atoms with Crippen LogP contribution in [0.3, 0.4) is 0 Å². The number of nitrogen functional groups attached to an aromatic ring is 1. The van der Waals surface area contributed by atoms with Gasteiger partial charge in [0, 0.05) is 24.7 Å². The van der Waals surface area contributed by atoms with E-state index in [-0.39, 0.29) is 18.0 Å². The molecule has 0 aliphatic carbocycles. The standard InChI is InChI=1S/C17H19N5O3/c1-10-8-21(6-7-25-10)16(23)12-9-22-15(19-12)11-4-3-5-13(24-2)14(11)20-17(22)18/h3-5,9-10H,6-8H2,1-2H3,(H2,18,20). The van der Waals surface area contributed by atoms with E-state index in [1.165, 1.54) is 0 Å². The zero-order chi connectivity index (χ0) is 17.6. The topological polar surface area (TPSA) is 95.0 Å². The highest BCUT2D eigenvalue weighted by molar-refractivity contribution is 5.99. The van der Waals surface area contributed by atoms with Crippen LogP contribution in [0.4, 0.5) is 5.95 Å². The zero-order valence-electron chi connectivity index (χ0n) is 14.1. The first-order valence-corrected chi connectivity index (χ1v) is 8.10. The second-order valence-corrected chi connectivity index (χ2v) is 6.08. The van der Waals surface area contributed by atoms with Gasteiger partial charge in [0.2, 0.25) is 5.95 Å². The van der Waals surface area contributed by atoms with E-state index in [4.69, 9.17) is 15.2 Å². The molecule has 1 saturated heterocycles. The van der Waals surface area contributed by atoms with Crippen LogP contribution in [0.2, 0.25) is 0 Å². The molecule has 130 valence electrons. The van der Waals surface area contributed by atoms with Gasteiger partial charge in [0.15, 0.2) is 0 Å². The molecule has 0 radical (unpaired) electrons. The molecule has 0 spiro atoms. The molecule has 4 rings (SSSR count). The quantitative estimate of drug-likeness (QED) is 0.756. The number of ether oxygens (including phenoxy) is 2. The minimum atomic E-state index is -0.130. The van der Waals surface area contributed by atoms with Gasteiger partial charge in [-0.3, -0.25) is 9.20 Å². The van der Waals surface area contributed by atoms with Crippen LogP contribution >= 0.6 is 0 Å². The van der Waals surface area contributed by atoms with Gasteiger partial charge in [0.25, 0.3) is 5.91 Å². The Morgan fingerprint density at radius 3 is 3.00 bits per heavy atom. The van der Waals surface area contributed by atoms with Crippen molar-refractivity contribution in [2.45, 2.75) is 13.0 Å². The van der Waals surface area contributed by atoms with Crippen LogP contribution in [-0.2, 0) is 4.74 Å². The average Bonchev–Trinajstić information content (AvgIpc) is 3.07. The monoisotopic (exact) mass is 341 g/mol. The number of nitrogens with zero attached hydrogens (tertiary/aromatic N) is 4. The summed E-state index contributed by atoms with van der Waals surface area (Å²) in [5, 5.41) is 0.781. The predicted molar refractivity (Wildman–Crippen MR) is 92.8 cm³/mol. The molecule has 1 amide bonds. The molecule has 1 atom stereocenters. The third-order valence-electron chi connectivity index (χ3n) is 4.39. The number of methoxy groups -OCH3 is 1. The van der Waals surface area contributed by atoms with Crippen molar-refractivity contribution in [3.8, 4) is 5.75 Å². The summed E-state index contributed by atoms with van der Waals surface area (Å²) in [6.45, 7) is 3.59. The molecule has 0 bridgehead atoms. The molecule has 0 saturated carbocycles. The molecule has 8 nitrogen and oxygen atoms in total. The van der Waals surface area contributed by atoms with Gasteiger partial charge < -0.3 is 20.1 Å². The molecule has 8 heteroatoms. The summed E-state index contributed by atoms with van der Waals surface area (Å²) in [5.41, 5.74) is 7.63. The molecule has 2 N–H and O–H groups in total. The Kier molecular flexibility index (Phi) is 3.69. The Morgan fingerprint density at radius 2 is 2.24 bits per heavy atom. The summed E-state index contributed by atoms with van der Waals surface area (Å²) in [6, 6.07) is 5.56. The minimum Gasteiger partial charge on any atom is -0.494 e. The smallest absolute Gasteiger partial charge is 0.274 e. The van der Waals surface area contributed by atoms with Gasteiger partial charge in [0.1, 0.15) is 22.6 Å². The lowest BCUT2D eigenvalue weighted by Crippen LogP contribution is -2.44. The summed E-state index contributed by atoms with van der Waals surface area (Å²) < 4.78 is 12.5.